The van der Waals surface area contributed by atoms with Crippen molar-refractivity contribution in [1.82, 2.24) is 0 Å². The highest BCUT2D eigenvalue weighted by Crippen LogP contribution is 2.28. The minimum atomic E-state index is -0.00157. The molecule has 74 valence electrons. The van der Waals surface area contributed by atoms with Gasteiger partial charge in [-0.3, -0.25) is 4.79 Å². The van der Waals surface area contributed by atoms with E-state index in [-0.39, 0.29) is 18.0 Å². The van der Waals surface area contributed by atoms with Gasteiger partial charge in [0, 0.05) is 13.2 Å². The predicted molar refractivity (Wildman–Crippen MR) is 47.2 cm³/mol. The van der Waals surface area contributed by atoms with Crippen molar-refractivity contribution in [3.63, 3.8) is 0 Å². The van der Waals surface area contributed by atoms with Gasteiger partial charge in [0.15, 0.2) is 0 Å². The van der Waals surface area contributed by atoms with Crippen molar-refractivity contribution < 1.29 is 14.3 Å². The Morgan fingerprint density at radius 1 is 1.38 bits per heavy atom. The topological polar surface area (TPSA) is 35.5 Å². The number of carbonyl (C=O) groups is 1. The third-order valence-electron chi connectivity index (χ3n) is 2.75. The molecule has 0 N–H and O–H groups in total. The van der Waals surface area contributed by atoms with E-state index >= 15 is 0 Å². The molecule has 1 aliphatic carbocycles. The molecule has 2 rings (SSSR count). The van der Waals surface area contributed by atoms with Gasteiger partial charge < -0.3 is 9.47 Å². The van der Waals surface area contributed by atoms with Crippen molar-refractivity contribution in [1.29, 1.82) is 0 Å². The average Bonchev–Trinajstić information content (AvgIpc) is 2.89. The van der Waals surface area contributed by atoms with E-state index in [2.05, 4.69) is 6.92 Å². The summed E-state index contributed by atoms with van der Waals surface area (Å²) in [6.45, 7) is 3.46. The molecule has 1 aliphatic heterocycles. The van der Waals surface area contributed by atoms with E-state index < -0.39 is 0 Å². The summed E-state index contributed by atoms with van der Waals surface area (Å²) in [5, 5.41) is 0. The lowest BCUT2D eigenvalue weighted by Crippen LogP contribution is -2.32. The first-order valence-electron chi connectivity index (χ1n) is 5.05. The zero-order chi connectivity index (χ0) is 9.26. The van der Waals surface area contributed by atoms with Crippen LogP contribution in [0.1, 0.15) is 26.2 Å². The largest absolute Gasteiger partial charge is 0.462 e. The Morgan fingerprint density at radius 2 is 2.15 bits per heavy atom. The fourth-order valence-corrected chi connectivity index (χ4v) is 1.67. The lowest BCUT2D eigenvalue weighted by atomic mass is 9.90. The summed E-state index contributed by atoms with van der Waals surface area (Å²) < 4.78 is 10.6. The van der Waals surface area contributed by atoms with Gasteiger partial charge in [0.25, 0.3) is 0 Å². The van der Waals surface area contributed by atoms with E-state index in [0.717, 1.165) is 19.3 Å². The van der Waals surface area contributed by atoms with Gasteiger partial charge in [-0.1, -0.05) is 6.92 Å². The maximum absolute atomic E-state index is 11.6. The van der Waals surface area contributed by atoms with Crippen molar-refractivity contribution >= 4 is 5.97 Å². The molecule has 2 fully saturated rings. The minimum absolute atomic E-state index is 0.00157. The molecular weight excluding hydrogens is 168 g/mol. The second-order valence-corrected chi connectivity index (χ2v) is 4.08. The first kappa shape index (κ1) is 9.00. The lowest BCUT2D eigenvalue weighted by Gasteiger charge is -2.26. The molecule has 1 heterocycles. The summed E-state index contributed by atoms with van der Waals surface area (Å²) in [6, 6.07) is 0. The number of ether oxygens (including phenoxy) is 2. The van der Waals surface area contributed by atoms with Crippen LogP contribution in [0.5, 0.6) is 0 Å². The standard InChI is InChI=1S/C10H16O3/c1-7-6-12-5-4-9(7)10(11)13-8-2-3-8/h7-9H,2-6H2,1H3. The van der Waals surface area contributed by atoms with Crippen molar-refractivity contribution in [2.45, 2.75) is 32.3 Å². The van der Waals surface area contributed by atoms with Crippen LogP contribution in [0.15, 0.2) is 0 Å². The Kier molecular flexibility index (Phi) is 2.54. The van der Waals surface area contributed by atoms with Gasteiger partial charge in [-0.05, 0) is 25.2 Å². The number of esters is 1. The second kappa shape index (κ2) is 3.66. The Balaban J connectivity index is 1.85. The molecule has 2 unspecified atom stereocenters. The van der Waals surface area contributed by atoms with E-state index in [9.17, 15) is 4.79 Å². The van der Waals surface area contributed by atoms with Crippen LogP contribution in [-0.2, 0) is 14.3 Å². The highest BCUT2D eigenvalue weighted by Gasteiger charge is 2.34. The van der Waals surface area contributed by atoms with Gasteiger partial charge in [-0.15, -0.1) is 0 Å². The van der Waals surface area contributed by atoms with Gasteiger partial charge in [-0.2, -0.15) is 0 Å². The van der Waals surface area contributed by atoms with Crippen LogP contribution in [-0.4, -0.2) is 25.3 Å². The molecule has 0 bridgehead atoms. The van der Waals surface area contributed by atoms with Crippen LogP contribution in [0, 0.1) is 11.8 Å². The summed E-state index contributed by atoms with van der Waals surface area (Å²) in [6.07, 6.45) is 3.18. The predicted octanol–water partition coefficient (Wildman–Crippen LogP) is 1.36. The van der Waals surface area contributed by atoms with E-state index in [1.807, 2.05) is 0 Å². The molecule has 0 aromatic heterocycles. The van der Waals surface area contributed by atoms with Crippen molar-refractivity contribution in [2.24, 2.45) is 11.8 Å². The number of hydrogen-bond donors (Lipinski definition) is 0. The smallest absolute Gasteiger partial charge is 0.309 e. The SMILES string of the molecule is CC1COCCC1C(=O)OC1CC1. The van der Waals surface area contributed by atoms with Crippen molar-refractivity contribution in [3.05, 3.63) is 0 Å². The molecule has 2 atom stereocenters. The molecule has 13 heavy (non-hydrogen) atoms. The van der Waals surface area contributed by atoms with Crippen LogP contribution in [0.25, 0.3) is 0 Å². The van der Waals surface area contributed by atoms with Gasteiger partial charge in [0.1, 0.15) is 6.10 Å². The molecule has 0 aromatic rings. The quantitative estimate of drug-likeness (QED) is 0.608. The van der Waals surface area contributed by atoms with Crippen LogP contribution >= 0.6 is 0 Å². The maximum atomic E-state index is 11.6. The van der Waals surface area contributed by atoms with Crippen LogP contribution in [0.3, 0.4) is 0 Å². The molecule has 3 nitrogen and oxygen atoms in total. The van der Waals surface area contributed by atoms with E-state index in [4.69, 9.17) is 9.47 Å². The third-order valence-corrected chi connectivity index (χ3v) is 2.75. The molecule has 2 aliphatic rings. The molecule has 1 saturated heterocycles. The number of hydrogen-bond acceptors (Lipinski definition) is 3. The summed E-state index contributed by atoms with van der Waals surface area (Å²) >= 11 is 0. The molecule has 1 saturated carbocycles. The second-order valence-electron chi connectivity index (χ2n) is 4.08. The summed E-state index contributed by atoms with van der Waals surface area (Å²) in [7, 11) is 0. The fourth-order valence-electron chi connectivity index (χ4n) is 1.67. The molecule has 3 heteroatoms. The zero-order valence-electron chi connectivity index (χ0n) is 7.99. The molecule has 0 spiro atoms. The number of rotatable bonds is 2. The van der Waals surface area contributed by atoms with Gasteiger partial charge in [-0.25, -0.2) is 0 Å². The van der Waals surface area contributed by atoms with Crippen LogP contribution in [0.2, 0.25) is 0 Å². The first-order chi connectivity index (χ1) is 6.27. The van der Waals surface area contributed by atoms with Crippen molar-refractivity contribution in [2.75, 3.05) is 13.2 Å². The maximum Gasteiger partial charge on any atom is 0.309 e. The highest BCUT2D eigenvalue weighted by molar-refractivity contribution is 5.73. The molecule has 0 radical (unpaired) electrons. The summed E-state index contributed by atoms with van der Waals surface area (Å²) in [4.78, 5) is 11.6. The van der Waals surface area contributed by atoms with Gasteiger partial charge in [0.2, 0.25) is 0 Å². The zero-order valence-corrected chi connectivity index (χ0v) is 7.99. The molecular formula is C10H16O3. The van der Waals surface area contributed by atoms with Crippen LogP contribution in [0.4, 0.5) is 0 Å². The van der Waals surface area contributed by atoms with Crippen molar-refractivity contribution in [3.8, 4) is 0 Å². The Hall–Kier alpha value is -0.570. The van der Waals surface area contributed by atoms with E-state index in [1.54, 1.807) is 0 Å². The Bertz CT molecular complexity index is 198. The van der Waals surface area contributed by atoms with Gasteiger partial charge >= 0.3 is 5.97 Å². The lowest BCUT2D eigenvalue weighted by molar-refractivity contribution is -0.155. The van der Waals surface area contributed by atoms with E-state index in [1.165, 1.54) is 0 Å². The fraction of sp³-hybridized carbons (Fsp3) is 0.900. The monoisotopic (exact) mass is 184 g/mol. The summed E-state index contributed by atoms with van der Waals surface area (Å²) in [5.41, 5.74) is 0. The average molecular weight is 184 g/mol. The number of carbonyl (C=O) groups excluding carboxylic acids is 1. The Morgan fingerprint density at radius 3 is 2.77 bits per heavy atom. The molecule has 0 amide bonds. The minimum Gasteiger partial charge on any atom is -0.462 e. The highest BCUT2D eigenvalue weighted by atomic mass is 16.5. The van der Waals surface area contributed by atoms with E-state index in [0.29, 0.717) is 19.1 Å². The Labute approximate surface area is 78.4 Å². The first-order valence-corrected chi connectivity index (χ1v) is 5.05. The van der Waals surface area contributed by atoms with Crippen LogP contribution < -0.4 is 0 Å². The third kappa shape index (κ3) is 2.21. The molecule has 0 aromatic carbocycles. The normalized spacial score (nSPS) is 34.2. The summed E-state index contributed by atoms with van der Waals surface area (Å²) in [5.74, 6) is 0.396. The van der Waals surface area contributed by atoms with Gasteiger partial charge in [0.05, 0.1) is 5.92 Å².